The van der Waals surface area contributed by atoms with Crippen LogP contribution in [-0.2, 0) is 0 Å². The normalized spacial score (nSPS) is 12.5. The summed E-state index contributed by atoms with van der Waals surface area (Å²) in [6.45, 7) is 9.74. The zero-order chi connectivity index (χ0) is 13.1. The van der Waals surface area contributed by atoms with E-state index in [1.807, 2.05) is 63.7 Å². The second-order valence-corrected chi connectivity index (χ2v) is 3.43. The third-order valence-electron chi connectivity index (χ3n) is 2.09. The maximum atomic E-state index is 3.94. The maximum absolute atomic E-state index is 3.94. The number of hydrogen-bond donors (Lipinski definition) is 2. The van der Waals surface area contributed by atoms with Crippen molar-refractivity contribution in [3.8, 4) is 0 Å². The fourth-order valence-electron chi connectivity index (χ4n) is 0.977. The Kier molecular flexibility index (Phi) is 8.21. The molecule has 2 heteroatoms. The second kappa shape index (κ2) is 9.28. The van der Waals surface area contributed by atoms with E-state index in [0.29, 0.717) is 0 Å². The summed E-state index contributed by atoms with van der Waals surface area (Å²) in [6.07, 6.45) is 13.7. The van der Waals surface area contributed by atoms with E-state index in [9.17, 15) is 0 Å². The molecule has 0 aromatic rings. The van der Waals surface area contributed by atoms with Crippen molar-refractivity contribution in [1.29, 1.82) is 0 Å². The molecular formula is C15H22N2. The highest BCUT2D eigenvalue weighted by Crippen LogP contribution is 2.04. The molecule has 0 unspecified atom stereocenters. The molecule has 0 aliphatic carbocycles. The third kappa shape index (κ3) is 7.91. The monoisotopic (exact) mass is 230 g/mol. The first-order valence-electron chi connectivity index (χ1n) is 5.56. The molecule has 0 saturated heterocycles. The van der Waals surface area contributed by atoms with Gasteiger partial charge in [-0.05, 0) is 36.4 Å². The Morgan fingerprint density at radius 2 is 1.59 bits per heavy atom. The van der Waals surface area contributed by atoms with E-state index in [1.165, 1.54) is 0 Å². The van der Waals surface area contributed by atoms with Crippen LogP contribution < -0.4 is 10.6 Å². The van der Waals surface area contributed by atoms with Crippen molar-refractivity contribution >= 4 is 0 Å². The molecule has 0 saturated carbocycles. The molecular weight excluding hydrogens is 208 g/mol. The Morgan fingerprint density at radius 3 is 2.12 bits per heavy atom. The van der Waals surface area contributed by atoms with Gasteiger partial charge in [-0.3, -0.25) is 0 Å². The van der Waals surface area contributed by atoms with E-state index in [1.54, 1.807) is 0 Å². The molecule has 0 bridgehead atoms. The molecule has 0 aromatic heterocycles. The molecule has 0 rings (SSSR count). The highest BCUT2D eigenvalue weighted by atomic mass is 14.8. The topological polar surface area (TPSA) is 24.1 Å². The Labute approximate surface area is 105 Å². The van der Waals surface area contributed by atoms with Crippen LogP contribution in [-0.4, -0.2) is 14.1 Å². The second-order valence-electron chi connectivity index (χ2n) is 3.43. The van der Waals surface area contributed by atoms with E-state index in [2.05, 4.69) is 23.8 Å². The minimum atomic E-state index is 0.862. The Bertz CT molecular complexity index is 368. The van der Waals surface area contributed by atoms with Crippen molar-refractivity contribution in [2.75, 3.05) is 14.1 Å². The lowest BCUT2D eigenvalue weighted by molar-refractivity contribution is 1.04. The first-order chi connectivity index (χ1) is 8.13. The lowest BCUT2D eigenvalue weighted by Gasteiger charge is -1.96. The standard InChI is InChI=1S/C15H22N2/c1-6-15(11-12-16-4)10-8-13(2)7-9-14(3)17-5/h6-12,16-17H,2-3H2,1,4-5H3/b9-7-,10-8+,12-11-,15-6-. The molecule has 0 aliphatic rings. The Hall–Kier alpha value is -1.96. The molecule has 0 fully saturated rings. The van der Waals surface area contributed by atoms with Gasteiger partial charge in [0.25, 0.3) is 0 Å². The molecule has 17 heavy (non-hydrogen) atoms. The molecule has 0 radical (unpaired) electrons. The van der Waals surface area contributed by atoms with Crippen LogP contribution in [0.2, 0.25) is 0 Å². The summed E-state index contributed by atoms with van der Waals surface area (Å²) < 4.78 is 0. The van der Waals surface area contributed by atoms with Crippen LogP contribution in [0.25, 0.3) is 0 Å². The molecule has 0 aliphatic heterocycles. The minimum absolute atomic E-state index is 0.862. The minimum Gasteiger partial charge on any atom is -0.394 e. The van der Waals surface area contributed by atoms with Gasteiger partial charge >= 0.3 is 0 Å². The predicted octanol–water partition coefficient (Wildman–Crippen LogP) is 3.07. The summed E-state index contributed by atoms with van der Waals surface area (Å²) in [5, 5.41) is 5.90. The van der Waals surface area contributed by atoms with Gasteiger partial charge in [0, 0.05) is 19.8 Å². The summed E-state index contributed by atoms with van der Waals surface area (Å²) >= 11 is 0. The van der Waals surface area contributed by atoms with E-state index in [0.717, 1.165) is 16.8 Å². The molecule has 0 amide bonds. The van der Waals surface area contributed by atoms with Crippen LogP contribution >= 0.6 is 0 Å². The smallest absolute Gasteiger partial charge is 0.0264 e. The molecule has 0 heterocycles. The average Bonchev–Trinajstić information content (AvgIpc) is 2.36. The van der Waals surface area contributed by atoms with Gasteiger partial charge in [-0.15, -0.1) is 0 Å². The Balaban J connectivity index is 4.41. The summed E-state index contributed by atoms with van der Waals surface area (Å²) in [6, 6.07) is 0. The van der Waals surface area contributed by atoms with Crippen LogP contribution in [0.3, 0.4) is 0 Å². The first-order valence-corrected chi connectivity index (χ1v) is 5.56. The van der Waals surface area contributed by atoms with Gasteiger partial charge in [0.1, 0.15) is 0 Å². The van der Waals surface area contributed by atoms with Crippen LogP contribution in [0.1, 0.15) is 6.92 Å². The fourth-order valence-corrected chi connectivity index (χ4v) is 0.977. The predicted molar refractivity (Wildman–Crippen MR) is 77.6 cm³/mol. The number of rotatable bonds is 7. The third-order valence-corrected chi connectivity index (χ3v) is 2.09. The maximum Gasteiger partial charge on any atom is 0.0264 e. The zero-order valence-electron chi connectivity index (χ0n) is 11.0. The van der Waals surface area contributed by atoms with E-state index in [4.69, 9.17) is 0 Å². The van der Waals surface area contributed by atoms with Crippen molar-refractivity contribution in [3.63, 3.8) is 0 Å². The number of hydrogen-bond acceptors (Lipinski definition) is 2. The molecule has 0 aromatic carbocycles. The van der Waals surface area contributed by atoms with Gasteiger partial charge in [0.15, 0.2) is 0 Å². The van der Waals surface area contributed by atoms with Crippen molar-refractivity contribution < 1.29 is 0 Å². The van der Waals surface area contributed by atoms with Gasteiger partial charge in [-0.25, -0.2) is 0 Å². The molecule has 0 atom stereocenters. The largest absolute Gasteiger partial charge is 0.394 e. The number of nitrogens with one attached hydrogen (secondary N) is 2. The fraction of sp³-hybridized carbons (Fsp3) is 0.200. The van der Waals surface area contributed by atoms with Crippen molar-refractivity contribution in [3.05, 3.63) is 72.7 Å². The lowest BCUT2D eigenvalue weighted by Crippen LogP contribution is -2.00. The van der Waals surface area contributed by atoms with E-state index < -0.39 is 0 Å². The SMILES string of the molecule is C=C(/C=C\C(=C)NC)/C=C/C(/C=C\NC)=C/C. The van der Waals surface area contributed by atoms with Gasteiger partial charge < -0.3 is 10.6 Å². The van der Waals surface area contributed by atoms with Crippen molar-refractivity contribution in [1.82, 2.24) is 10.6 Å². The highest BCUT2D eigenvalue weighted by Gasteiger charge is 1.85. The Morgan fingerprint density at radius 1 is 0.941 bits per heavy atom. The summed E-state index contributed by atoms with van der Waals surface area (Å²) in [5.74, 6) is 0. The van der Waals surface area contributed by atoms with Crippen LogP contribution in [0.4, 0.5) is 0 Å². The van der Waals surface area contributed by atoms with Gasteiger partial charge in [0.2, 0.25) is 0 Å². The summed E-state index contributed by atoms with van der Waals surface area (Å²) in [5.41, 5.74) is 2.92. The first kappa shape index (κ1) is 15.0. The van der Waals surface area contributed by atoms with Crippen molar-refractivity contribution in [2.24, 2.45) is 0 Å². The highest BCUT2D eigenvalue weighted by molar-refractivity contribution is 5.38. The molecule has 0 spiro atoms. The van der Waals surface area contributed by atoms with Gasteiger partial charge in [-0.1, -0.05) is 37.5 Å². The van der Waals surface area contributed by atoms with Crippen LogP contribution in [0.5, 0.6) is 0 Å². The van der Waals surface area contributed by atoms with Crippen LogP contribution in [0, 0.1) is 0 Å². The summed E-state index contributed by atoms with van der Waals surface area (Å²) in [4.78, 5) is 0. The molecule has 2 N–H and O–H groups in total. The molecule has 92 valence electrons. The van der Waals surface area contributed by atoms with Gasteiger partial charge in [0.05, 0.1) is 0 Å². The van der Waals surface area contributed by atoms with E-state index in [-0.39, 0.29) is 0 Å². The van der Waals surface area contributed by atoms with Gasteiger partial charge in [-0.2, -0.15) is 0 Å². The quantitative estimate of drug-likeness (QED) is 0.657. The zero-order valence-corrected chi connectivity index (χ0v) is 11.0. The van der Waals surface area contributed by atoms with Crippen LogP contribution in [0.15, 0.2) is 72.7 Å². The molecule has 2 nitrogen and oxygen atoms in total. The lowest BCUT2D eigenvalue weighted by atomic mass is 10.1. The van der Waals surface area contributed by atoms with Crippen molar-refractivity contribution in [2.45, 2.75) is 6.92 Å². The average molecular weight is 230 g/mol. The summed E-state index contributed by atoms with van der Waals surface area (Å²) in [7, 11) is 3.71. The number of likely N-dealkylation sites (N-methyl/N-ethyl adjacent to an activating group) is 1. The van der Waals surface area contributed by atoms with E-state index >= 15 is 0 Å². The number of allylic oxidation sites excluding steroid dienone is 8.